The van der Waals surface area contributed by atoms with Gasteiger partial charge in [-0.15, -0.1) is 0 Å². The molecule has 3 rings (SSSR count). The van der Waals surface area contributed by atoms with E-state index in [-0.39, 0.29) is 12.3 Å². The first-order valence-electron chi connectivity index (χ1n) is 7.69. The molecule has 1 amide bonds. The smallest absolute Gasteiger partial charge is 0.252 e. The summed E-state index contributed by atoms with van der Waals surface area (Å²) in [5.41, 5.74) is 4.32. The molecule has 2 aromatic carbocycles. The zero-order valence-corrected chi connectivity index (χ0v) is 13.2. The van der Waals surface area contributed by atoms with Crippen LogP contribution in [0.1, 0.15) is 41.5 Å². The van der Waals surface area contributed by atoms with E-state index in [0.717, 1.165) is 18.1 Å². The third-order valence-electron chi connectivity index (χ3n) is 4.30. The van der Waals surface area contributed by atoms with Gasteiger partial charge >= 0.3 is 0 Å². The Labute approximate surface area is 134 Å². The number of benzene rings is 2. The van der Waals surface area contributed by atoms with Crippen LogP contribution in [0, 0.1) is 6.92 Å². The van der Waals surface area contributed by atoms with Crippen molar-refractivity contribution < 1.29 is 13.6 Å². The lowest BCUT2D eigenvalue weighted by molar-refractivity contribution is -0.119. The number of alkyl halides is 2. The summed E-state index contributed by atoms with van der Waals surface area (Å²) in [5, 5.41) is 2.69. The number of amides is 1. The van der Waals surface area contributed by atoms with Crippen molar-refractivity contribution in [3.05, 3.63) is 64.7 Å². The van der Waals surface area contributed by atoms with Gasteiger partial charge in [0.25, 0.3) is 5.92 Å². The first-order valence-corrected chi connectivity index (χ1v) is 7.69. The summed E-state index contributed by atoms with van der Waals surface area (Å²) in [6.07, 6.45) is 0.508. The molecular weight excluding hydrogens is 296 g/mol. The van der Waals surface area contributed by atoms with Gasteiger partial charge in [-0.3, -0.25) is 4.79 Å². The predicted molar refractivity (Wildman–Crippen MR) is 87.0 cm³/mol. The molecule has 0 spiro atoms. The molecule has 0 radical (unpaired) electrons. The molecule has 1 aliphatic rings. The molecule has 2 aromatic rings. The van der Waals surface area contributed by atoms with Crippen LogP contribution in [0.15, 0.2) is 42.5 Å². The molecule has 0 aromatic heterocycles. The summed E-state index contributed by atoms with van der Waals surface area (Å²) in [4.78, 5) is 11.6. The second kappa shape index (κ2) is 5.76. The number of nitrogens with one attached hydrogen (secondary N) is 1. The Morgan fingerprint density at radius 1 is 1.13 bits per heavy atom. The standard InChI is InChI=1S/C19H19F2NO/c1-12-3-5-13(6-4-12)9-14-7-8-17-15(10-14)16(19(2,20)21)11-18(23)22-17/h3-8,10,16H,9,11H2,1-2H3,(H,22,23). The third kappa shape index (κ3) is 3.41. The molecular formula is C19H19F2NO. The van der Waals surface area contributed by atoms with Gasteiger partial charge < -0.3 is 5.32 Å². The Bertz CT molecular complexity index is 732. The topological polar surface area (TPSA) is 29.1 Å². The fraction of sp³-hybridized carbons (Fsp3) is 0.316. The SMILES string of the molecule is Cc1ccc(Cc2ccc3c(c2)C(C(C)(F)F)CC(=O)N3)cc1. The zero-order valence-electron chi connectivity index (χ0n) is 13.2. The zero-order chi connectivity index (χ0) is 16.6. The maximum Gasteiger partial charge on any atom is 0.252 e. The van der Waals surface area contributed by atoms with Crippen LogP contribution >= 0.6 is 0 Å². The average molecular weight is 315 g/mol. The Morgan fingerprint density at radius 2 is 1.78 bits per heavy atom. The van der Waals surface area contributed by atoms with Crippen molar-refractivity contribution in [2.45, 2.75) is 38.5 Å². The van der Waals surface area contributed by atoms with Crippen molar-refractivity contribution in [3.63, 3.8) is 0 Å². The summed E-state index contributed by atoms with van der Waals surface area (Å²) in [6, 6.07) is 13.6. The van der Waals surface area contributed by atoms with E-state index < -0.39 is 11.8 Å². The van der Waals surface area contributed by atoms with E-state index >= 15 is 0 Å². The fourth-order valence-electron chi connectivity index (χ4n) is 3.01. The maximum absolute atomic E-state index is 13.9. The molecule has 23 heavy (non-hydrogen) atoms. The summed E-state index contributed by atoms with van der Waals surface area (Å²) >= 11 is 0. The van der Waals surface area contributed by atoms with Crippen LogP contribution in [0.4, 0.5) is 14.5 Å². The van der Waals surface area contributed by atoms with E-state index in [4.69, 9.17) is 0 Å². The highest BCUT2D eigenvalue weighted by Gasteiger charge is 2.40. The van der Waals surface area contributed by atoms with Gasteiger partial charge in [0.15, 0.2) is 0 Å². The molecule has 1 unspecified atom stereocenters. The van der Waals surface area contributed by atoms with Gasteiger partial charge in [-0.2, -0.15) is 0 Å². The average Bonchev–Trinajstić information content (AvgIpc) is 2.48. The second-order valence-corrected chi connectivity index (χ2v) is 6.35. The minimum absolute atomic E-state index is 0.176. The molecule has 0 fully saturated rings. The highest BCUT2D eigenvalue weighted by Crippen LogP contribution is 2.42. The van der Waals surface area contributed by atoms with E-state index in [1.807, 2.05) is 37.3 Å². The molecule has 120 valence electrons. The molecule has 1 N–H and O–H groups in total. The molecule has 2 nitrogen and oxygen atoms in total. The maximum atomic E-state index is 13.9. The van der Waals surface area contributed by atoms with Gasteiger partial charge in [0.1, 0.15) is 0 Å². The normalized spacial score (nSPS) is 17.6. The number of halogens is 2. The van der Waals surface area contributed by atoms with Crippen LogP contribution in [0.5, 0.6) is 0 Å². The first-order chi connectivity index (χ1) is 10.8. The monoisotopic (exact) mass is 315 g/mol. The van der Waals surface area contributed by atoms with Gasteiger partial charge in [0, 0.05) is 12.1 Å². The quantitative estimate of drug-likeness (QED) is 0.876. The second-order valence-electron chi connectivity index (χ2n) is 6.35. The van der Waals surface area contributed by atoms with Crippen molar-refractivity contribution in [1.82, 2.24) is 0 Å². The number of aryl methyl sites for hydroxylation is 1. The van der Waals surface area contributed by atoms with E-state index in [1.165, 1.54) is 5.56 Å². The number of fused-ring (bicyclic) bond motifs is 1. The fourth-order valence-corrected chi connectivity index (χ4v) is 3.01. The summed E-state index contributed by atoms with van der Waals surface area (Å²) in [5.74, 6) is -4.34. The van der Waals surface area contributed by atoms with Crippen molar-refractivity contribution in [2.75, 3.05) is 5.32 Å². The van der Waals surface area contributed by atoms with Crippen LogP contribution in [-0.2, 0) is 11.2 Å². The number of rotatable bonds is 3. The Hall–Kier alpha value is -2.23. The van der Waals surface area contributed by atoms with Crippen molar-refractivity contribution in [1.29, 1.82) is 0 Å². The van der Waals surface area contributed by atoms with Crippen molar-refractivity contribution in [3.8, 4) is 0 Å². The molecule has 0 bridgehead atoms. The molecule has 1 atom stereocenters. The van der Waals surface area contributed by atoms with E-state index in [0.29, 0.717) is 17.7 Å². The summed E-state index contributed by atoms with van der Waals surface area (Å²) < 4.78 is 27.8. The molecule has 1 aliphatic heterocycles. The largest absolute Gasteiger partial charge is 0.326 e. The van der Waals surface area contributed by atoms with Gasteiger partial charge in [0.05, 0.1) is 5.92 Å². The van der Waals surface area contributed by atoms with E-state index in [2.05, 4.69) is 5.32 Å². The van der Waals surface area contributed by atoms with Crippen molar-refractivity contribution in [2.24, 2.45) is 0 Å². The first kappa shape index (κ1) is 15.7. The molecule has 0 saturated carbocycles. The van der Waals surface area contributed by atoms with E-state index in [1.54, 1.807) is 12.1 Å². The highest BCUT2D eigenvalue weighted by atomic mass is 19.3. The Kier molecular flexibility index (Phi) is 3.92. The van der Waals surface area contributed by atoms with Gasteiger partial charge in [-0.05, 0) is 43.0 Å². The number of anilines is 1. The Balaban J connectivity index is 1.93. The van der Waals surface area contributed by atoms with Crippen LogP contribution < -0.4 is 5.32 Å². The van der Waals surface area contributed by atoms with Crippen molar-refractivity contribution >= 4 is 11.6 Å². The lowest BCUT2D eigenvalue weighted by Gasteiger charge is -2.30. The predicted octanol–water partition coefficient (Wildman–Crippen LogP) is 4.67. The lowest BCUT2D eigenvalue weighted by Crippen LogP contribution is -2.32. The summed E-state index contributed by atoms with van der Waals surface area (Å²) in [7, 11) is 0. The molecule has 1 heterocycles. The molecule has 0 saturated heterocycles. The molecule has 0 aliphatic carbocycles. The number of hydrogen-bond donors (Lipinski definition) is 1. The third-order valence-corrected chi connectivity index (χ3v) is 4.30. The van der Waals surface area contributed by atoms with E-state index in [9.17, 15) is 13.6 Å². The Morgan fingerprint density at radius 3 is 2.43 bits per heavy atom. The number of carbonyl (C=O) groups excluding carboxylic acids is 1. The van der Waals surface area contributed by atoms with Crippen LogP contribution in [0.25, 0.3) is 0 Å². The van der Waals surface area contributed by atoms with Crippen LogP contribution in [0.3, 0.4) is 0 Å². The van der Waals surface area contributed by atoms with Gasteiger partial charge in [0.2, 0.25) is 5.91 Å². The van der Waals surface area contributed by atoms with Gasteiger partial charge in [-0.1, -0.05) is 42.0 Å². The summed E-state index contributed by atoms with van der Waals surface area (Å²) in [6.45, 7) is 2.91. The number of hydrogen-bond acceptors (Lipinski definition) is 1. The number of carbonyl (C=O) groups is 1. The molecule has 4 heteroatoms. The highest BCUT2D eigenvalue weighted by molar-refractivity contribution is 5.95. The van der Waals surface area contributed by atoms with Gasteiger partial charge in [-0.25, -0.2) is 8.78 Å². The minimum atomic E-state index is -2.92. The minimum Gasteiger partial charge on any atom is -0.326 e. The lowest BCUT2D eigenvalue weighted by atomic mass is 9.84. The van der Waals surface area contributed by atoms with Crippen LogP contribution in [0.2, 0.25) is 0 Å². The van der Waals surface area contributed by atoms with Crippen LogP contribution in [-0.4, -0.2) is 11.8 Å².